The number of nitro groups is 1. The third kappa shape index (κ3) is 7.86. The van der Waals surface area contributed by atoms with E-state index in [1.807, 2.05) is 0 Å². The van der Waals surface area contributed by atoms with E-state index < -0.39 is 10.8 Å². The van der Waals surface area contributed by atoms with Crippen LogP contribution in [0.15, 0.2) is 24.3 Å². The maximum Gasteiger partial charge on any atom is 0.296 e. The van der Waals surface area contributed by atoms with E-state index in [-0.39, 0.29) is 35.1 Å². The Bertz CT molecular complexity index is 710. The minimum absolute atomic E-state index is 0. The highest BCUT2D eigenvalue weighted by Crippen LogP contribution is 2.36. The number of anilines is 1. The molecule has 1 aromatic rings. The van der Waals surface area contributed by atoms with Crippen LogP contribution in [-0.2, 0) is 4.74 Å². The third-order valence-corrected chi connectivity index (χ3v) is 4.24. The first-order chi connectivity index (χ1) is 13.5. The molecule has 0 unspecified atom stereocenters. The molecule has 1 heterocycles. The van der Waals surface area contributed by atoms with E-state index in [1.165, 1.54) is 6.07 Å². The van der Waals surface area contributed by atoms with Crippen LogP contribution in [0.4, 0.5) is 11.4 Å². The van der Waals surface area contributed by atoms with Gasteiger partial charge in [-0.15, -0.1) is 12.4 Å². The molecule has 11 heteroatoms. The Labute approximate surface area is 175 Å². The highest BCUT2D eigenvalue weighted by atomic mass is 35.5. The van der Waals surface area contributed by atoms with Gasteiger partial charge in [0.05, 0.1) is 24.7 Å². The van der Waals surface area contributed by atoms with Crippen LogP contribution in [-0.4, -0.2) is 68.3 Å². The van der Waals surface area contributed by atoms with Crippen molar-refractivity contribution in [2.45, 2.75) is 6.42 Å². The molecule has 0 saturated carbocycles. The summed E-state index contributed by atoms with van der Waals surface area (Å²) in [6.07, 6.45) is 4.23. The number of nitrogens with two attached hydrogens (primary N) is 2. The molecule has 0 bridgehead atoms. The molecule has 0 spiro atoms. The van der Waals surface area contributed by atoms with Crippen LogP contribution in [0.3, 0.4) is 0 Å². The highest BCUT2D eigenvalue weighted by molar-refractivity contribution is 5.95. The fourth-order valence-corrected chi connectivity index (χ4v) is 2.81. The summed E-state index contributed by atoms with van der Waals surface area (Å²) in [7, 11) is 0. The Morgan fingerprint density at radius 2 is 2.07 bits per heavy atom. The zero-order valence-electron chi connectivity index (χ0n) is 16.2. The van der Waals surface area contributed by atoms with Gasteiger partial charge in [0.15, 0.2) is 5.69 Å². The minimum Gasteiger partial charge on any atom is -0.491 e. The second kappa shape index (κ2) is 12.9. The first-order valence-corrected chi connectivity index (χ1v) is 9.17. The number of carbonyl (C=O) groups is 1. The number of hydrogen-bond acceptors (Lipinski definition) is 8. The van der Waals surface area contributed by atoms with Crippen molar-refractivity contribution >= 4 is 29.7 Å². The number of rotatable bonds is 11. The Balaban J connectivity index is 0.00000420. The smallest absolute Gasteiger partial charge is 0.296 e. The number of nitrogens with zero attached hydrogens (tertiary/aromatic N) is 2. The van der Waals surface area contributed by atoms with Gasteiger partial charge in [-0.2, -0.15) is 0 Å². The molecule has 0 aliphatic carbocycles. The first-order valence-electron chi connectivity index (χ1n) is 9.17. The number of benzene rings is 1. The zero-order chi connectivity index (χ0) is 20.4. The predicted molar refractivity (Wildman–Crippen MR) is 113 cm³/mol. The van der Waals surface area contributed by atoms with Crippen molar-refractivity contribution in [1.29, 1.82) is 0 Å². The molecule has 0 radical (unpaired) electrons. The van der Waals surface area contributed by atoms with Gasteiger partial charge in [-0.3, -0.25) is 19.8 Å². The molecule has 5 N–H and O–H groups in total. The molecule has 1 aliphatic heterocycles. The number of nitro benzene ring substituents is 1. The average Bonchev–Trinajstić information content (AvgIpc) is 2.69. The lowest BCUT2D eigenvalue weighted by molar-refractivity contribution is -0.384. The summed E-state index contributed by atoms with van der Waals surface area (Å²) < 4.78 is 11.1. The van der Waals surface area contributed by atoms with Crippen LogP contribution in [0.5, 0.6) is 5.75 Å². The Morgan fingerprint density at radius 1 is 1.34 bits per heavy atom. The molecule has 0 atom stereocenters. The molecule has 162 valence electrons. The van der Waals surface area contributed by atoms with Gasteiger partial charge in [0, 0.05) is 44.4 Å². The van der Waals surface area contributed by atoms with E-state index >= 15 is 0 Å². The third-order valence-electron chi connectivity index (χ3n) is 4.24. The second-order valence-corrected chi connectivity index (χ2v) is 6.23. The number of halogens is 1. The van der Waals surface area contributed by atoms with Crippen molar-refractivity contribution in [3.8, 4) is 5.75 Å². The van der Waals surface area contributed by atoms with Crippen molar-refractivity contribution in [3.63, 3.8) is 0 Å². The van der Waals surface area contributed by atoms with Gasteiger partial charge in [0.1, 0.15) is 5.75 Å². The fourth-order valence-electron chi connectivity index (χ4n) is 2.81. The first kappa shape index (κ1) is 24.6. The van der Waals surface area contributed by atoms with Crippen molar-refractivity contribution in [2.75, 3.05) is 57.9 Å². The molecular formula is C18H28ClN5O5. The molecule has 1 saturated heterocycles. The summed E-state index contributed by atoms with van der Waals surface area (Å²) in [5.41, 5.74) is 10.7. The molecule has 29 heavy (non-hydrogen) atoms. The van der Waals surface area contributed by atoms with Gasteiger partial charge >= 0.3 is 0 Å². The van der Waals surface area contributed by atoms with E-state index in [0.717, 1.165) is 45.3 Å². The molecule has 1 fully saturated rings. The lowest BCUT2D eigenvalue weighted by Gasteiger charge is -2.26. The van der Waals surface area contributed by atoms with E-state index in [1.54, 1.807) is 12.2 Å². The number of morpholine rings is 1. The Morgan fingerprint density at radius 3 is 2.69 bits per heavy atom. The van der Waals surface area contributed by atoms with E-state index in [2.05, 4.69) is 10.2 Å². The molecular weight excluding hydrogens is 402 g/mol. The predicted octanol–water partition coefficient (Wildman–Crippen LogP) is 1.14. The molecule has 2 rings (SSSR count). The summed E-state index contributed by atoms with van der Waals surface area (Å²) in [5.74, 6) is -0.526. The normalized spacial score (nSPS) is 14.4. The minimum atomic E-state index is -0.754. The van der Waals surface area contributed by atoms with Gasteiger partial charge in [0.2, 0.25) is 5.91 Å². The van der Waals surface area contributed by atoms with E-state index in [4.69, 9.17) is 20.9 Å². The maximum absolute atomic E-state index is 11.6. The van der Waals surface area contributed by atoms with Gasteiger partial charge < -0.3 is 26.3 Å². The van der Waals surface area contributed by atoms with E-state index in [0.29, 0.717) is 19.7 Å². The van der Waals surface area contributed by atoms with Crippen LogP contribution in [0.1, 0.15) is 16.8 Å². The summed E-state index contributed by atoms with van der Waals surface area (Å²) in [6.45, 7) is 5.09. The van der Waals surface area contributed by atoms with Crippen LogP contribution in [0.2, 0.25) is 0 Å². The lowest BCUT2D eigenvalue weighted by atomic mass is 10.1. The van der Waals surface area contributed by atoms with Crippen LogP contribution in [0, 0.1) is 10.1 Å². The average molecular weight is 430 g/mol. The van der Waals surface area contributed by atoms with Crippen molar-refractivity contribution < 1.29 is 19.2 Å². The number of carbonyl (C=O) groups excluding carboxylic acids is 1. The van der Waals surface area contributed by atoms with Crippen LogP contribution >= 0.6 is 12.4 Å². The van der Waals surface area contributed by atoms with Gasteiger partial charge in [0.25, 0.3) is 5.69 Å². The summed E-state index contributed by atoms with van der Waals surface area (Å²) in [4.78, 5) is 24.7. The number of nitrogens with one attached hydrogen (secondary N) is 1. The largest absolute Gasteiger partial charge is 0.491 e. The lowest BCUT2D eigenvalue weighted by Crippen LogP contribution is -2.37. The number of primary amides is 1. The quantitative estimate of drug-likeness (QED) is 0.205. The summed E-state index contributed by atoms with van der Waals surface area (Å²) in [6, 6.07) is 2.58. The molecule has 1 aliphatic rings. The van der Waals surface area contributed by atoms with Crippen molar-refractivity contribution in [1.82, 2.24) is 4.90 Å². The zero-order valence-corrected chi connectivity index (χ0v) is 17.0. The van der Waals surface area contributed by atoms with Gasteiger partial charge in [-0.1, -0.05) is 12.2 Å². The van der Waals surface area contributed by atoms with Crippen LogP contribution in [0.25, 0.3) is 0 Å². The van der Waals surface area contributed by atoms with Crippen molar-refractivity contribution in [3.05, 3.63) is 40.0 Å². The monoisotopic (exact) mass is 429 g/mol. The molecule has 0 aromatic heterocycles. The van der Waals surface area contributed by atoms with E-state index in [9.17, 15) is 14.9 Å². The van der Waals surface area contributed by atoms with Gasteiger partial charge in [-0.05, 0) is 12.5 Å². The fraction of sp³-hybridized carbons (Fsp3) is 0.500. The molecule has 10 nitrogen and oxygen atoms in total. The van der Waals surface area contributed by atoms with Gasteiger partial charge in [-0.25, -0.2) is 0 Å². The number of amides is 1. The number of hydrogen-bond donors (Lipinski definition) is 3. The standard InChI is InChI=1S/C18H27N5O5.ClH/c19-4-1-2-5-21-17-15(23(25)26)12-14(18(20)24)13-16(17)28-9-3-6-22-7-10-27-11-8-22;/h1-2,12-13,21H,3-11,19H2,(H2,20,24);1H/b2-1+;. The molecule has 1 amide bonds. The number of ether oxygens (including phenoxy) is 2. The topological polar surface area (TPSA) is 146 Å². The second-order valence-electron chi connectivity index (χ2n) is 6.23. The van der Waals surface area contributed by atoms with Crippen molar-refractivity contribution in [2.24, 2.45) is 11.5 Å². The Kier molecular flexibility index (Phi) is 11.0. The highest BCUT2D eigenvalue weighted by Gasteiger charge is 2.22. The SMILES string of the molecule is Cl.NC/C=C/CNc1c(OCCCN2CCOCC2)cc(C(N)=O)cc1[N+](=O)[O-]. The summed E-state index contributed by atoms with van der Waals surface area (Å²) in [5, 5.41) is 14.4. The maximum atomic E-state index is 11.6. The molecule has 1 aromatic carbocycles. The Hall–Kier alpha value is -2.40. The van der Waals surface area contributed by atoms with Crippen LogP contribution < -0.4 is 21.5 Å². The summed E-state index contributed by atoms with van der Waals surface area (Å²) >= 11 is 0.